The van der Waals surface area contributed by atoms with Gasteiger partial charge in [-0.3, -0.25) is 10.1 Å². The largest absolute Gasteiger partial charge is 0.375 e. The summed E-state index contributed by atoms with van der Waals surface area (Å²) in [5.41, 5.74) is 1.26. The lowest BCUT2D eigenvalue weighted by Gasteiger charge is -2.08. The van der Waals surface area contributed by atoms with Gasteiger partial charge >= 0.3 is 0 Å². The molecule has 0 saturated heterocycles. The molecule has 2 N–H and O–H groups in total. The van der Waals surface area contributed by atoms with Crippen LogP contribution in [0.15, 0.2) is 42.5 Å². The monoisotopic (exact) mass is 353 g/mol. The Morgan fingerprint density at radius 3 is 2.33 bits per heavy atom. The van der Waals surface area contributed by atoms with E-state index in [4.69, 9.17) is 0 Å². The summed E-state index contributed by atoms with van der Waals surface area (Å²) in [4.78, 5) is 10.3. The SMILES string of the molecule is CNS(=O)(=O)Cc1ccc(CNc2cc(F)ccc2[N+](=O)[O-])cc1. The summed E-state index contributed by atoms with van der Waals surface area (Å²) < 4.78 is 38.4. The number of sulfonamides is 1. The Kier molecular flexibility index (Phi) is 5.47. The molecule has 0 atom stereocenters. The second-order valence-electron chi connectivity index (χ2n) is 5.05. The van der Waals surface area contributed by atoms with E-state index in [1.54, 1.807) is 24.3 Å². The Morgan fingerprint density at radius 2 is 1.75 bits per heavy atom. The van der Waals surface area contributed by atoms with E-state index in [1.807, 2.05) is 0 Å². The summed E-state index contributed by atoms with van der Waals surface area (Å²) in [5, 5.41) is 13.7. The average molecular weight is 353 g/mol. The molecule has 0 spiro atoms. The number of anilines is 1. The van der Waals surface area contributed by atoms with Crippen molar-refractivity contribution in [2.24, 2.45) is 0 Å². The molecular weight excluding hydrogens is 337 g/mol. The smallest absolute Gasteiger partial charge is 0.292 e. The average Bonchev–Trinajstić information content (AvgIpc) is 2.53. The third-order valence-corrected chi connectivity index (χ3v) is 4.66. The normalized spacial score (nSPS) is 11.2. The molecule has 2 rings (SSSR count). The van der Waals surface area contributed by atoms with Gasteiger partial charge < -0.3 is 5.32 Å². The molecule has 0 aliphatic heterocycles. The van der Waals surface area contributed by atoms with E-state index >= 15 is 0 Å². The molecular formula is C15H16FN3O4S. The molecule has 2 aromatic carbocycles. The van der Waals surface area contributed by atoms with E-state index in [1.165, 1.54) is 7.05 Å². The second-order valence-corrected chi connectivity index (χ2v) is 6.98. The zero-order valence-electron chi connectivity index (χ0n) is 12.8. The van der Waals surface area contributed by atoms with Crippen LogP contribution in [-0.2, 0) is 22.3 Å². The van der Waals surface area contributed by atoms with Gasteiger partial charge in [0, 0.05) is 18.7 Å². The Morgan fingerprint density at radius 1 is 1.12 bits per heavy atom. The van der Waals surface area contributed by atoms with Gasteiger partial charge in [-0.15, -0.1) is 0 Å². The van der Waals surface area contributed by atoms with Crippen LogP contribution in [0.2, 0.25) is 0 Å². The van der Waals surface area contributed by atoms with Gasteiger partial charge in [-0.1, -0.05) is 24.3 Å². The maximum atomic E-state index is 13.3. The van der Waals surface area contributed by atoms with Crippen LogP contribution in [0.3, 0.4) is 0 Å². The highest BCUT2D eigenvalue weighted by Gasteiger charge is 2.14. The first-order valence-electron chi connectivity index (χ1n) is 6.97. The first-order chi connectivity index (χ1) is 11.3. The highest BCUT2D eigenvalue weighted by molar-refractivity contribution is 7.88. The number of hydrogen-bond donors (Lipinski definition) is 2. The highest BCUT2D eigenvalue weighted by Crippen LogP contribution is 2.25. The van der Waals surface area contributed by atoms with Gasteiger partial charge in [0.05, 0.1) is 10.7 Å². The van der Waals surface area contributed by atoms with Crippen LogP contribution in [0.5, 0.6) is 0 Å². The molecule has 24 heavy (non-hydrogen) atoms. The third kappa shape index (κ3) is 4.74. The summed E-state index contributed by atoms with van der Waals surface area (Å²) in [6.45, 7) is 0.239. The molecule has 0 fully saturated rings. The van der Waals surface area contributed by atoms with E-state index in [0.717, 1.165) is 23.8 Å². The number of halogens is 1. The van der Waals surface area contributed by atoms with E-state index < -0.39 is 20.8 Å². The maximum Gasteiger partial charge on any atom is 0.292 e. The Balaban J connectivity index is 2.08. The molecule has 7 nitrogen and oxygen atoms in total. The minimum Gasteiger partial charge on any atom is -0.375 e. The van der Waals surface area contributed by atoms with Crippen LogP contribution >= 0.6 is 0 Å². The van der Waals surface area contributed by atoms with Gasteiger partial charge in [-0.2, -0.15) is 0 Å². The number of nitrogens with one attached hydrogen (secondary N) is 2. The summed E-state index contributed by atoms with van der Waals surface area (Å²) in [6, 6.07) is 9.92. The second kappa shape index (κ2) is 7.37. The Bertz CT molecular complexity index is 838. The molecule has 0 heterocycles. The first-order valence-corrected chi connectivity index (χ1v) is 8.63. The van der Waals surface area contributed by atoms with Crippen LogP contribution < -0.4 is 10.0 Å². The Hall–Kier alpha value is -2.52. The van der Waals surface area contributed by atoms with E-state index in [-0.39, 0.29) is 23.7 Å². The molecule has 0 aliphatic carbocycles. The number of nitro benzene ring substituents is 1. The highest BCUT2D eigenvalue weighted by atomic mass is 32.2. The van der Waals surface area contributed by atoms with Gasteiger partial charge in [0.2, 0.25) is 10.0 Å². The first kappa shape index (κ1) is 17.8. The predicted octanol–water partition coefficient (Wildman–Crippen LogP) is 2.40. The molecule has 2 aromatic rings. The zero-order chi connectivity index (χ0) is 17.7. The Labute approximate surface area is 138 Å². The van der Waals surface area contributed by atoms with Crippen molar-refractivity contribution in [3.63, 3.8) is 0 Å². The zero-order valence-corrected chi connectivity index (χ0v) is 13.6. The summed E-state index contributed by atoms with van der Waals surface area (Å²) >= 11 is 0. The van der Waals surface area contributed by atoms with Crippen molar-refractivity contribution in [2.75, 3.05) is 12.4 Å². The van der Waals surface area contributed by atoms with Crippen molar-refractivity contribution in [1.82, 2.24) is 4.72 Å². The lowest BCUT2D eigenvalue weighted by molar-refractivity contribution is -0.384. The molecule has 0 aromatic heterocycles. The minimum absolute atomic E-state index is 0.0850. The number of rotatable bonds is 7. The lowest BCUT2D eigenvalue weighted by atomic mass is 10.1. The summed E-state index contributed by atoms with van der Waals surface area (Å²) in [6.07, 6.45) is 0. The van der Waals surface area contributed by atoms with Gasteiger partial charge in [0.1, 0.15) is 11.5 Å². The van der Waals surface area contributed by atoms with E-state index in [9.17, 15) is 22.9 Å². The van der Waals surface area contributed by atoms with Crippen LogP contribution in [0.25, 0.3) is 0 Å². The van der Waals surface area contributed by atoms with E-state index in [2.05, 4.69) is 10.0 Å². The summed E-state index contributed by atoms with van der Waals surface area (Å²) in [7, 11) is -2.00. The maximum absolute atomic E-state index is 13.3. The van der Waals surface area contributed by atoms with Gasteiger partial charge in [-0.05, 0) is 24.2 Å². The fraction of sp³-hybridized carbons (Fsp3) is 0.200. The number of hydrogen-bond acceptors (Lipinski definition) is 5. The third-order valence-electron chi connectivity index (χ3n) is 3.33. The molecule has 128 valence electrons. The van der Waals surface area contributed by atoms with Gasteiger partial charge in [-0.25, -0.2) is 17.5 Å². The molecule has 0 saturated carbocycles. The van der Waals surface area contributed by atoms with Crippen molar-refractivity contribution in [3.05, 3.63) is 69.5 Å². The van der Waals surface area contributed by atoms with Crippen LogP contribution in [0, 0.1) is 15.9 Å². The quantitative estimate of drug-likeness (QED) is 0.588. The van der Waals surface area contributed by atoms with Crippen molar-refractivity contribution >= 4 is 21.4 Å². The number of nitrogens with zero attached hydrogens (tertiary/aromatic N) is 1. The topological polar surface area (TPSA) is 101 Å². The predicted molar refractivity (Wildman–Crippen MR) is 88.5 cm³/mol. The number of nitro groups is 1. The molecule has 0 unspecified atom stereocenters. The lowest BCUT2D eigenvalue weighted by Crippen LogP contribution is -2.20. The molecule has 9 heteroatoms. The fourth-order valence-electron chi connectivity index (χ4n) is 2.05. The van der Waals surface area contributed by atoms with Crippen LogP contribution in [0.4, 0.5) is 15.8 Å². The van der Waals surface area contributed by atoms with Gasteiger partial charge in [0.15, 0.2) is 0 Å². The summed E-state index contributed by atoms with van der Waals surface area (Å²) in [5.74, 6) is -0.706. The van der Waals surface area contributed by atoms with Crippen molar-refractivity contribution in [3.8, 4) is 0 Å². The molecule has 0 bridgehead atoms. The molecule has 0 amide bonds. The molecule has 0 aliphatic rings. The van der Waals surface area contributed by atoms with Crippen molar-refractivity contribution in [1.29, 1.82) is 0 Å². The fourth-order valence-corrected chi connectivity index (χ4v) is 2.83. The van der Waals surface area contributed by atoms with Gasteiger partial charge in [0.25, 0.3) is 5.69 Å². The van der Waals surface area contributed by atoms with Crippen molar-refractivity contribution in [2.45, 2.75) is 12.3 Å². The van der Waals surface area contributed by atoms with E-state index in [0.29, 0.717) is 5.56 Å². The number of benzene rings is 2. The van der Waals surface area contributed by atoms with Crippen LogP contribution in [-0.4, -0.2) is 20.4 Å². The standard InChI is InChI=1S/C15H16FN3O4S/c1-17-24(22,23)10-12-4-2-11(3-5-12)9-18-14-8-13(16)6-7-15(14)19(20)21/h2-8,17-18H,9-10H2,1H3. The van der Waals surface area contributed by atoms with Crippen LogP contribution in [0.1, 0.15) is 11.1 Å². The molecule has 0 radical (unpaired) electrons. The minimum atomic E-state index is -3.34. The van der Waals surface area contributed by atoms with Crippen molar-refractivity contribution < 1.29 is 17.7 Å².